The highest BCUT2D eigenvalue weighted by Gasteiger charge is 2.32. The Balaban J connectivity index is 0.00000450. The Bertz CT molecular complexity index is 612. The number of nitrogens with zero attached hydrogens (tertiary/aromatic N) is 4. The van der Waals surface area contributed by atoms with Gasteiger partial charge in [0, 0.05) is 38.6 Å². The summed E-state index contributed by atoms with van der Waals surface area (Å²) in [7, 11) is 0. The van der Waals surface area contributed by atoms with Crippen LogP contribution in [0, 0.1) is 12.8 Å². The first-order valence-corrected chi connectivity index (χ1v) is 10.7. The van der Waals surface area contributed by atoms with E-state index >= 15 is 0 Å². The number of piperidine rings is 1. The number of aromatic nitrogens is 2. The molecule has 10 heteroatoms. The summed E-state index contributed by atoms with van der Waals surface area (Å²) in [5, 5.41) is 6.62. The van der Waals surface area contributed by atoms with Crippen LogP contribution >= 0.6 is 24.0 Å². The monoisotopic (exact) mass is 544 g/mol. The molecule has 30 heavy (non-hydrogen) atoms. The Kier molecular flexibility index (Phi) is 12.7. The van der Waals surface area contributed by atoms with Crippen LogP contribution in [0.5, 0.6) is 0 Å². The number of imidazole rings is 1. The van der Waals surface area contributed by atoms with Gasteiger partial charge in [0.1, 0.15) is 5.82 Å². The van der Waals surface area contributed by atoms with Crippen molar-refractivity contribution in [3.05, 3.63) is 18.2 Å². The van der Waals surface area contributed by atoms with Crippen molar-refractivity contribution < 1.29 is 13.2 Å². The molecule has 1 aliphatic rings. The van der Waals surface area contributed by atoms with Crippen LogP contribution in [0.2, 0.25) is 0 Å². The minimum absolute atomic E-state index is 0. The van der Waals surface area contributed by atoms with Gasteiger partial charge < -0.3 is 15.2 Å². The zero-order valence-electron chi connectivity index (χ0n) is 18.0. The SMILES string of the molecule is CCNC(=NCCCCn1ccnc1C)NCCC1CCN(CC(F)(F)F)CC1.I. The second kappa shape index (κ2) is 14.1. The fourth-order valence-corrected chi connectivity index (χ4v) is 3.65. The standard InChI is InChI=1S/C20H35F3N6.HI/c1-3-24-19(26-9-4-5-12-29-15-11-25-17(29)2)27-10-6-18-7-13-28(14-8-18)16-20(21,22)23;/h11,15,18H,3-10,12-14,16H2,1-2H3,(H2,24,26,27);1H. The van der Waals surface area contributed by atoms with Gasteiger partial charge in [-0.25, -0.2) is 4.98 Å². The summed E-state index contributed by atoms with van der Waals surface area (Å²) in [6, 6.07) is 0. The molecule has 1 saturated heterocycles. The molecule has 1 aromatic rings. The van der Waals surface area contributed by atoms with E-state index in [4.69, 9.17) is 0 Å². The molecule has 0 aliphatic carbocycles. The van der Waals surface area contributed by atoms with Crippen LogP contribution in [-0.4, -0.2) is 65.9 Å². The van der Waals surface area contributed by atoms with Crippen molar-refractivity contribution in [2.45, 2.75) is 58.7 Å². The van der Waals surface area contributed by atoms with Crippen LogP contribution in [0.1, 0.15) is 44.9 Å². The van der Waals surface area contributed by atoms with E-state index in [-0.39, 0.29) is 24.0 Å². The third kappa shape index (κ3) is 10.8. The molecule has 0 radical (unpaired) electrons. The van der Waals surface area contributed by atoms with Crippen LogP contribution in [0.3, 0.4) is 0 Å². The Morgan fingerprint density at radius 1 is 1.23 bits per heavy atom. The van der Waals surface area contributed by atoms with Crippen LogP contribution in [0.15, 0.2) is 17.4 Å². The van der Waals surface area contributed by atoms with Gasteiger partial charge in [-0.2, -0.15) is 13.2 Å². The topological polar surface area (TPSA) is 57.5 Å². The minimum atomic E-state index is -4.09. The normalized spacial score (nSPS) is 16.4. The number of hydrogen-bond donors (Lipinski definition) is 2. The maximum atomic E-state index is 12.5. The average Bonchev–Trinajstić information content (AvgIpc) is 3.06. The second-order valence-corrected chi connectivity index (χ2v) is 7.69. The van der Waals surface area contributed by atoms with E-state index in [1.807, 2.05) is 26.2 Å². The van der Waals surface area contributed by atoms with Crippen LogP contribution < -0.4 is 10.6 Å². The molecule has 2 rings (SSSR count). The lowest BCUT2D eigenvalue weighted by Gasteiger charge is -2.32. The molecule has 6 nitrogen and oxygen atoms in total. The Hall–Kier alpha value is -1.04. The lowest BCUT2D eigenvalue weighted by Crippen LogP contribution is -2.41. The van der Waals surface area contributed by atoms with Gasteiger partial charge >= 0.3 is 6.18 Å². The lowest BCUT2D eigenvalue weighted by atomic mass is 9.93. The van der Waals surface area contributed by atoms with E-state index in [1.54, 1.807) is 0 Å². The first-order chi connectivity index (χ1) is 13.9. The van der Waals surface area contributed by atoms with Crippen molar-refractivity contribution in [2.24, 2.45) is 10.9 Å². The molecule has 1 aliphatic heterocycles. The molecule has 1 fully saturated rings. The first-order valence-electron chi connectivity index (χ1n) is 10.7. The number of hydrogen-bond acceptors (Lipinski definition) is 3. The van der Waals surface area contributed by atoms with Gasteiger partial charge in [-0.3, -0.25) is 9.89 Å². The van der Waals surface area contributed by atoms with Crippen LogP contribution in [0.25, 0.3) is 0 Å². The summed E-state index contributed by atoms with van der Waals surface area (Å²) in [5.41, 5.74) is 0. The number of guanidine groups is 1. The van der Waals surface area contributed by atoms with Crippen molar-refractivity contribution in [1.29, 1.82) is 0 Å². The van der Waals surface area contributed by atoms with Crippen molar-refractivity contribution in [2.75, 3.05) is 39.3 Å². The highest BCUT2D eigenvalue weighted by atomic mass is 127. The van der Waals surface area contributed by atoms with Crippen molar-refractivity contribution in [3.8, 4) is 0 Å². The predicted molar refractivity (Wildman–Crippen MR) is 125 cm³/mol. The maximum absolute atomic E-state index is 12.5. The fraction of sp³-hybridized carbons (Fsp3) is 0.800. The van der Waals surface area contributed by atoms with Gasteiger partial charge in [0.25, 0.3) is 0 Å². The van der Waals surface area contributed by atoms with E-state index in [2.05, 4.69) is 25.2 Å². The molecule has 0 atom stereocenters. The molecule has 1 aromatic heterocycles. The molecule has 2 heterocycles. The third-order valence-corrected chi connectivity index (χ3v) is 5.30. The number of aryl methyl sites for hydroxylation is 2. The van der Waals surface area contributed by atoms with Crippen molar-refractivity contribution in [3.63, 3.8) is 0 Å². The second-order valence-electron chi connectivity index (χ2n) is 7.69. The summed E-state index contributed by atoms with van der Waals surface area (Å²) < 4.78 is 39.5. The Morgan fingerprint density at radius 3 is 2.57 bits per heavy atom. The lowest BCUT2D eigenvalue weighted by molar-refractivity contribution is -0.148. The fourth-order valence-electron chi connectivity index (χ4n) is 3.65. The van der Waals surface area contributed by atoms with Gasteiger partial charge in [0.2, 0.25) is 0 Å². The molecular weight excluding hydrogens is 508 g/mol. The van der Waals surface area contributed by atoms with Crippen molar-refractivity contribution in [1.82, 2.24) is 25.1 Å². The molecule has 0 amide bonds. The summed E-state index contributed by atoms with van der Waals surface area (Å²) in [5.74, 6) is 2.34. The number of rotatable bonds is 10. The van der Waals surface area contributed by atoms with E-state index in [0.717, 1.165) is 70.1 Å². The smallest absolute Gasteiger partial charge is 0.357 e. The van der Waals surface area contributed by atoms with Crippen LogP contribution in [-0.2, 0) is 6.54 Å². The highest BCUT2D eigenvalue weighted by molar-refractivity contribution is 14.0. The van der Waals surface area contributed by atoms with E-state index < -0.39 is 12.7 Å². The molecule has 0 bridgehead atoms. The summed E-state index contributed by atoms with van der Waals surface area (Å²) >= 11 is 0. The van der Waals surface area contributed by atoms with Crippen LogP contribution in [0.4, 0.5) is 13.2 Å². The molecular formula is C20H36F3IN6. The molecule has 174 valence electrons. The molecule has 0 saturated carbocycles. The highest BCUT2D eigenvalue weighted by Crippen LogP contribution is 2.23. The Morgan fingerprint density at radius 2 is 1.97 bits per heavy atom. The summed E-state index contributed by atoms with van der Waals surface area (Å²) in [6.45, 7) is 7.65. The van der Waals surface area contributed by atoms with E-state index in [1.165, 1.54) is 4.90 Å². The zero-order chi connectivity index (χ0) is 21.1. The van der Waals surface area contributed by atoms with Gasteiger partial charge in [-0.15, -0.1) is 24.0 Å². The van der Waals surface area contributed by atoms with Gasteiger partial charge in [-0.05, 0) is 65.0 Å². The van der Waals surface area contributed by atoms with Gasteiger partial charge in [-0.1, -0.05) is 0 Å². The number of likely N-dealkylation sites (tertiary alicyclic amines) is 1. The number of halogens is 4. The molecule has 0 unspecified atom stereocenters. The molecule has 2 N–H and O–H groups in total. The summed E-state index contributed by atoms with van der Waals surface area (Å²) in [4.78, 5) is 10.4. The Labute approximate surface area is 195 Å². The van der Waals surface area contributed by atoms with Crippen molar-refractivity contribution >= 4 is 29.9 Å². The van der Waals surface area contributed by atoms with E-state index in [0.29, 0.717) is 19.0 Å². The zero-order valence-corrected chi connectivity index (χ0v) is 20.4. The molecule has 0 spiro atoms. The minimum Gasteiger partial charge on any atom is -0.357 e. The largest absolute Gasteiger partial charge is 0.401 e. The molecule has 0 aromatic carbocycles. The number of alkyl halides is 3. The number of unbranched alkanes of at least 4 members (excludes halogenated alkanes) is 1. The van der Waals surface area contributed by atoms with Gasteiger partial charge in [0.05, 0.1) is 6.54 Å². The average molecular weight is 544 g/mol. The van der Waals surface area contributed by atoms with Gasteiger partial charge in [0.15, 0.2) is 5.96 Å². The predicted octanol–water partition coefficient (Wildman–Crippen LogP) is 3.81. The third-order valence-electron chi connectivity index (χ3n) is 5.30. The number of aliphatic imine (C=N–C) groups is 1. The maximum Gasteiger partial charge on any atom is 0.401 e. The quantitative estimate of drug-likeness (QED) is 0.204. The summed E-state index contributed by atoms with van der Waals surface area (Å²) in [6.07, 6.45) is 4.41. The van der Waals surface area contributed by atoms with E-state index in [9.17, 15) is 13.2 Å². The number of nitrogens with one attached hydrogen (secondary N) is 2. The first kappa shape index (κ1) is 27.0.